The maximum absolute atomic E-state index is 12.2. The number of amides is 1. The molecule has 0 aliphatic carbocycles. The highest BCUT2D eigenvalue weighted by molar-refractivity contribution is 5.81. The lowest BCUT2D eigenvalue weighted by Gasteiger charge is -2.37. The van der Waals surface area contributed by atoms with E-state index in [1.54, 1.807) is 4.90 Å². The molecular weight excluding hydrogens is 337 g/mol. The predicted molar refractivity (Wildman–Crippen MR) is 87.9 cm³/mol. The minimum atomic E-state index is -4.43. The van der Waals surface area contributed by atoms with Crippen LogP contribution in [0.1, 0.15) is 13.8 Å². The van der Waals surface area contributed by atoms with Gasteiger partial charge in [-0.2, -0.15) is 13.2 Å². The fourth-order valence-corrected chi connectivity index (χ4v) is 2.71. The zero-order valence-electron chi connectivity index (χ0n) is 14.4. The standard InChI is InChI=1S/C17H23F3N2O3/c1-3-24-15-7-5-4-6-14(15)21-8-10-22(11-9-21)16(23)13(2)25-12-17(18,19)20/h4-7,13H,3,8-12H2,1-2H3/t13-/m1/s1. The summed E-state index contributed by atoms with van der Waals surface area (Å²) >= 11 is 0. The van der Waals surface area contributed by atoms with Gasteiger partial charge in [0.05, 0.1) is 12.3 Å². The molecule has 0 N–H and O–H groups in total. The molecule has 5 nitrogen and oxygen atoms in total. The van der Waals surface area contributed by atoms with Gasteiger partial charge in [-0.3, -0.25) is 4.79 Å². The van der Waals surface area contributed by atoms with Gasteiger partial charge in [0.15, 0.2) is 0 Å². The third-order valence-corrected chi connectivity index (χ3v) is 3.94. The summed E-state index contributed by atoms with van der Waals surface area (Å²) in [5, 5.41) is 0. The Morgan fingerprint density at radius 2 is 1.84 bits per heavy atom. The van der Waals surface area contributed by atoms with Crippen LogP contribution >= 0.6 is 0 Å². The van der Waals surface area contributed by atoms with Crippen molar-refractivity contribution < 1.29 is 27.4 Å². The van der Waals surface area contributed by atoms with Crippen LogP contribution in [-0.2, 0) is 9.53 Å². The minimum Gasteiger partial charge on any atom is -0.492 e. The maximum Gasteiger partial charge on any atom is 0.411 e. The van der Waals surface area contributed by atoms with E-state index in [0.717, 1.165) is 11.4 Å². The van der Waals surface area contributed by atoms with E-state index >= 15 is 0 Å². The Bertz CT molecular complexity index is 573. The molecule has 1 aliphatic rings. The van der Waals surface area contributed by atoms with Crippen LogP contribution in [0.3, 0.4) is 0 Å². The second-order valence-electron chi connectivity index (χ2n) is 5.78. The number of anilines is 1. The van der Waals surface area contributed by atoms with Crippen LogP contribution in [0, 0.1) is 0 Å². The molecule has 1 aromatic rings. The van der Waals surface area contributed by atoms with Gasteiger partial charge < -0.3 is 19.3 Å². The molecule has 1 aliphatic heterocycles. The quantitative estimate of drug-likeness (QED) is 0.782. The second-order valence-corrected chi connectivity index (χ2v) is 5.78. The number of rotatable bonds is 6. The van der Waals surface area contributed by atoms with Crippen molar-refractivity contribution in [3.8, 4) is 5.75 Å². The molecule has 1 heterocycles. The normalized spacial score (nSPS) is 16.7. The van der Waals surface area contributed by atoms with Crippen LogP contribution < -0.4 is 9.64 Å². The Hall–Kier alpha value is -1.96. The number of carbonyl (C=O) groups is 1. The molecule has 0 unspecified atom stereocenters. The van der Waals surface area contributed by atoms with Crippen molar-refractivity contribution in [1.82, 2.24) is 4.90 Å². The van der Waals surface area contributed by atoms with Crippen molar-refractivity contribution in [3.05, 3.63) is 24.3 Å². The highest BCUT2D eigenvalue weighted by Gasteiger charge is 2.32. The number of halogens is 3. The van der Waals surface area contributed by atoms with Gasteiger partial charge in [0.1, 0.15) is 18.5 Å². The molecule has 1 aromatic carbocycles. The summed E-state index contributed by atoms with van der Waals surface area (Å²) in [5.41, 5.74) is 0.956. The summed E-state index contributed by atoms with van der Waals surface area (Å²) in [7, 11) is 0. The molecule has 0 saturated carbocycles. The Morgan fingerprint density at radius 3 is 2.44 bits per heavy atom. The number of hydrogen-bond donors (Lipinski definition) is 0. The van der Waals surface area contributed by atoms with Gasteiger partial charge in [-0.1, -0.05) is 12.1 Å². The van der Waals surface area contributed by atoms with Crippen LogP contribution in [0.2, 0.25) is 0 Å². The highest BCUT2D eigenvalue weighted by atomic mass is 19.4. The predicted octanol–water partition coefficient (Wildman–Crippen LogP) is 2.70. The third kappa shape index (κ3) is 5.52. The molecule has 1 fully saturated rings. The molecule has 0 aromatic heterocycles. The lowest BCUT2D eigenvalue weighted by Crippen LogP contribution is -2.51. The van der Waals surface area contributed by atoms with Gasteiger partial charge >= 0.3 is 6.18 Å². The summed E-state index contributed by atoms with van der Waals surface area (Å²) in [4.78, 5) is 15.9. The monoisotopic (exact) mass is 360 g/mol. The van der Waals surface area contributed by atoms with E-state index in [4.69, 9.17) is 4.74 Å². The smallest absolute Gasteiger partial charge is 0.411 e. The van der Waals surface area contributed by atoms with Crippen molar-refractivity contribution in [2.45, 2.75) is 26.1 Å². The van der Waals surface area contributed by atoms with Crippen LogP contribution in [0.15, 0.2) is 24.3 Å². The average molecular weight is 360 g/mol. The van der Waals surface area contributed by atoms with Gasteiger partial charge in [0.25, 0.3) is 5.91 Å². The molecule has 1 saturated heterocycles. The number of para-hydroxylation sites is 2. The summed E-state index contributed by atoms with van der Waals surface area (Å²) < 4.78 is 46.8. The van der Waals surface area contributed by atoms with Crippen LogP contribution in [0.5, 0.6) is 5.75 Å². The largest absolute Gasteiger partial charge is 0.492 e. The van der Waals surface area contributed by atoms with Crippen molar-refractivity contribution in [2.75, 3.05) is 44.3 Å². The van der Waals surface area contributed by atoms with Crippen LogP contribution in [0.4, 0.5) is 18.9 Å². The second kappa shape index (κ2) is 8.42. The molecule has 2 rings (SSSR count). The van der Waals surface area contributed by atoms with E-state index in [-0.39, 0.29) is 0 Å². The molecule has 25 heavy (non-hydrogen) atoms. The first-order valence-corrected chi connectivity index (χ1v) is 8.25. The van der Waals surface area contributed by atoms with E-state index in [1.807, 2.05) is 31.2 Å². The molecule has 0 bridgehead atoms. The summed E-state index contributed by atoms with van der Waals surface area (Å²) in [6, 6.07) is 7.66. The highest BCUT2D eigenvalue weighted by Crippen LogP contribution is 2.29. The van der Waals surface area contributed by atoms with Gasteiger partial charge in [0.2, 0.25) is 0 Å². The molecule has 1 atom stereocenters. The first-order chi connectivity index (χ1) is 11.8. The SMILES string of the molecule is CCOc1ccccc1N1CCN(C(=O)[C@@H](C)OCC(F)(F)F)CC1. The van der Waals surface area contributed by atoms with Crippen molar-refractivity contribution in [1.29, 1.82) is 0 Å². The molecule has 1 amide bonds. The molecular formula is C17H23F3N2O3. The average Bonchev–Trinajstić information content (AvgIpc) is 2.59. The third-order valence-electron chi connectivity index (χ3n) is 3.94. The van der Waals surface area contributed by atoms with Gasteiger partial charge in [0, 0.05) is 26.2 Å². The van der Waals surface area contributed by atoms with E-state index in [1.165, 1.54) is 6.92 Å². The van der Waals surface area contributed by atoms with Crippen LogP contribution in [0.25, 0.3) is 0 Å². The first kappa shape index (κ1) is 19.4. The lowest BCUT2D eigenvalue weighted by molar-refractivity contribution is -0.188. The molecule has 0 spiro atoms. The van der Waals surface area contributed by atoms with Gasteiger partial charge in [-0.15, -0.1) is 0 Å². The van der Waals surface area contributed by atoms with Gasteiger partial charge in [-0.25, -0.2) is 0 Å². The zero-order valence-corrected chi connectivity index (χ0v) is 14.4. The van der Waals surface area contributed by atoms with Gasteiger partial charge in [-0.05, 0) is 26.0 Å². The Kier molecular flexibility index (Phi) is 6.52. The fourth-order valence-electron chi connectivity index (χ4n) is 2.71. The lowest BCUT2D eigenvalue weighted by atomic mass is 10.2. The fraction of sp³-hybridized carbons (Fsp3) is 0.588. The summed E-state index contributed by atoms with van der Waals surface area (Å²) in [6.45, 7) is 4.44. The van der Waals surface area contributed by atoms with E-state index in [9.17, 15) is 18.0 Å². The topological polar surface area (TPSA) is 42.0 Å². The first-order valence-electron chi connectivity index (χ1n) is 8.25. The van der Waals surface area contributed by atoms with Crippen molar-refractivity contribution in [2.24, 2.45) is 0 Å². The number of benzene rings is 1. The molecule has 8 heteroatoms. The minimum absolute atomic E-state index is 0.415. The Morgan fingerprint density at radius 1 is 1.20 bits per heavy atom. The Labute approximate surface area is 145 Å². The van der Waals surface area contributed by atoms with Crippen LogP contribution in [-0.4, -0.2) is 62.5 Å². The van der Waals surface area contributed by atoms with Crippen molar-refractivity contribution in [3.63, 3.8) is 0 Å². The maximum atomic E-state index is 12.2. The number of carbonyl (C=O) groups excluding carboxylic acids is 1. The molecule has 0 radical (unpaired) electrons. The van der Waals surface area contributed by atoms with Crippen molar-refractivity contribution >= 4 is 11.6 Å². The van der Waals surface area contributed by atoms with E-state index in [0.29, 0.717) is 32.8 Å². The summed E-state index contributed by atoms with van der Waals surface area (Å²) in [5.74, 6) is 0.369. The number of piperazine rings is 1. The number of nitrogens with zero attached hydrogens (tertiary/aromatic N) is 2. The van der Waals surface area contributed by atoms with E-state index < -0.39 is 24.8 Å². The Balaban J connectivity index is 1.90. The number of hydrogen-bond acceptors (Lipinski definition) is 4. The number of ether oxygens (including phenoxy) is 2. The molecule has 140 valence electrons. The van der Waals surface area contributed by atoms with E-state index in [2.05, 4.69) is 9.64 Å². The zero-order chi connectivity index (χ0) is 18.4. The summed E-state index contributed by atoms with van der Waals surface area (Å²) in [6.07, 6.45) is -5.54. The number of alkyl halides is 3.